The van der Waals surface area contributed by atoms with Crippen molar-refractivity contribution in [2.45, 2.75) is 25.4 Å². The minimum Gasteiger partial charge on any atom is -0.406 e. The van der Waals surface area contributed by atoms with Gasteiger partial charge >= 0.3 is 6.36 Å². The highest BCUT2D eigenvalue weighted by atomic mass is 19.4. The van der Waals surface area contributed by atoms with Crippen LogP contribution >= 0.6 is 0 Å². The second kappa shape index (κ2) is 10.0. The molecule has 0 aliphatic carbocycles. The zero-order valence-corrected chi connectivity index (χ0v) is 17.5. The molecule has 7 nitrogen and oxygen atoms in total. The highest BCUT2D eigenvalue weighted by Crippen LogP contribution is 2.25. The van der Waals surface area contributed by atoms with Gasteiger partial charge in [0.2, 0.25) is 11.8 Å². The van der Waals surface area contributed by atoms with Gasteiger partial charge in [0.1, 0.15) is 11.8 Å². The second-order valence-corrected chi connectivity index (χ2v) is 7.52. The molecule has 1 fully saturated rings. The van der Waals surface area contributed by atoms with Crippen LogP contribution in [0.3, 0.4) is 0 Å². The van der Waals surface area contributed by atoms with Gasteiger partial charge in [-0.25, -0.2) is 0 Å². The lowest BCUT2D eigenvalue weighted by atomic mass is 10.0. The fourth-order valence-corrected chi connectivity index (χ4v) is 3.73. The molecule has 3 N–H and O–H groups in total. The number of carbonyl (C=O) groups is 2. The van der Waals surface area contributed by atoms with E-state index in [1.165, 1.54) is 12.1 Å². The van der Waals surface area contributed by atoms with Gasteiger partial charge in [0, 0.05) is 31.9 Å². The van der Waals surface area contributed by atoms with Crippen LogP contribution in [0.2, 0.25) is 0 Å². The summed E-state index contributed by atoms with van der Waals surface area (Å²) in [7, 11) is 0. The predicted octanol–water partition coefficient (Wildman–Crippen LogP) is 2.76. The molecular weight excluding hydrogens is 425 g/mol. The highest BCUT2D eigenvalue weighted by molar-refractivity contribution is 5.94. The Morgan fingerprint density at radius 2 is 1.53 bits per heavy atom. The number of halogens is 3. The van der Waals surface area contributed by atoms with E-state index in [1.54, 1.807) is 6.92 Å². The number of piperazine rings is 1. The largest absolute Gasteiger partial charge is 0.573 e. The van der Waals surface area contributed by atoms with E-state index in [9.17, 15) is 22.8 Å². The third-order valence-electron chi connectivity index (χ3n) is 5.38. The number of benzene rings is 2. The number of hydrogen-bond donors (Lipinski definition) is 2. The van der Waals surface area contributed by atoms with Gasteiger partial charge in [-0.15, -0.1) is 13.2 Å². The Balaban J connectivity index is 1.55. The molecule has 1 aliphatic rings. The standard InChI is InChI=1S/C22H25F3N4O3/c1-15(21(31)27-17-7-9-18(10-8-17)32-22(23,24)25)28-11-13-29(14-12-28)19(20(26)30)16-5-3-2-4-6-16/h2-10,15,19H,11-14H2,1H3,(H2,26,30)(H,27,31)/t15-,19-/m1/s1. The van der Waals surface area contributed by atoms with Crippen LogP contribution in [0.4, 0.5) is 18.9 Å². The van der Waals surface area contributed by atoms with Crippen LogP contribution in [-0.2, 0) is 9.59 Å². The topological polar surface area (TPSA) is 87.9 Å². The molecule has 0 radical (unpaired) electrons. The van der Waals surface area contributed by atoms with E-state index in [-0.39, 0.29) is 11.7 Å². The van der Waals surface area contributed by atoms with E-state index < -0.39 is 24.4 Å². The molecular formula is C22H25F3N4O3. The van der Waals surface area contributed by atoms with Crippen molar-refractivity contribution in [3.63, 3.8) is 0 Å². The Bertz CT molecular complexity index is 914. The lowest BCUT2D eigenvalue weighted by molar-refractivity contribution is -0.274. The first-order chi connectivity index (χ1) is 15.1. The molecule has 172 valence electrons. The first kappa shape index (κ1) is 23.6. The lowest BCUT2D eigenvalue weighted by Gasteiger charge is -2.40. The molecule has 0 unspecified atom stereocenters. The van der Waals surface area contributed by atoms with Crippen LogP contribution in [0.5, 0.6) is 5.75 Å². The summed E-state index contributed by atoms with van der Waals surface area (Å²) >= 11 is 0. The number of rotatable bonds is 7. The Labute approximate surface area is 183 Å². The number of primary amides is 1. The minimum absolute atomic E-state index is 0.280. The second-order valence-electron chi connectivity index (χ2n) is 7.52. The molecule has 0 aromatic heterocycles. The number of alkyl halides is 3. The van der Waals surface area contributed by atoms with Crippen molar-refractivity contribution in [2.24, 2.45) is 5.73 Å². The molecule has 3 rings (SSSR count). The summed E-state index contributed by atoms with van der Waals surface area (Å²) in [5.74, 6) is -1.06. The highest BCUT2D eigenvalue weighted by Gasteiger charge is 2.32. The third-order valence-corrected chi connectivity index (χ3v) is 5.38. The molecule has 10 heteroatoms. The molecule has 0 spiro atoms. The Kier molecular flexibility index (Phi) is 7.37. The Hall–Kier alpha value is -3.11. The van der Waals surface area contributed by atoms with Gasteiger partial charge in [0.05, 0.1) is 6.04 Å². The minimum atomic E-state index is -4.77. The number of ether oxygens (including phenoxy) is 1. The first-order valence-electron chi connectivity index (χ1n) is 10.1. The smallest absolute Gasteiger partial charge is 0.406 e. The van der Waals surface area contributed by atoms with Crippen LogP contribution < -0.4 is 15.8 Å². The molecule has 2 aromatic rings. The summed E-state index contributed by atoms with van der Waals surface area (Å²) in [4.78, 5) is 28.7. The molecule has 1 saturated heterocycles. The van der Waals surface area contributed by atoms with Gasteiger partial charge in [0.25, 0.3) is 0 Å². The fourth-order valence-electron chi connectivity index (χ4n) is 3.73. The van der Waals surface area contributed by atoms with E-state index in [0.717, 1.165) is 17.7 Å². The van der Waals surface area contributed by atoms with Crippen LogP contribution in [0, 0.1) is 0 Å². The molecule has 2 amide bonds. The zero-order valence-electron chi connectivity index (χ0n) is 17.5. The number of nitrogens with zero attached hydrogens (tertiary/aromatic N) is 2. The van der Waals surface area contributed by atoms with Crippen LogP contribution in [-0.4, -0.2) is 60.2 Å². The summed E-state index contributed by atoms with van der Waals surface area (Å²) in [6.07, 6.45) is -4.77. The molecule has 1 aliphatic heterocycles. The van der Waals surface area contributed by atoms with Crippen molar-refractivity contribution in [2.75, 3.05) is 31.5 Å². The monoisotopic (exact) mass is 450 g/mol. The van der Waals surface area contributed by atoms with Gasteiger partial charge in [-0.2, -0.15) is 0 Å². The summed E-state index contributed by atoms with van der Waals surface area (Å²) in [5, 5.41) is 2.70. The summed E-state index contributed by atoms with van der Waals surface area (Å²) in [6, 6.07) is 13.3. The average molecular weight is 450 g/mol. The molecule has 2 aromatic carbocycles. The van der Waals surface area contributed by atoms with Crippen molar-refractivity contribution in [3.8, 4) is 5.75 Å². The number of nitrogens with one attached hydrogen (secondary N) is 1. The first-order valence-corrected chi connectivity index (χ1v) is 10.1. The number of hydrogen-bond acceptors (Lipinski definition) is 5. The van der Waals surface area contributed by atoms with Gasteiger partial charge < -0.3 is 15.8 Å². The normalized spacial score (nSPS) is 17.4. The van der Waals surface area contributed by atoms with Gasteiger partial charge in [-0.1, -0.05) is 30.3 Å². The van der Waals surface area contributed by atoms with Gasteiger partial charge in [-0.3, -0.25) is 19.4 Å². The van der Waals surface area contributed by atoms with E-state index in [4.69, 9.17) is 5.73 Å². The maximum atomic E-state index is 12.6. The summed E-state index contributed by atoms with van der Waals surface area (Å²) in [5.41, 5.74) is 6.84. The molecule has 32 heavy (non-hydrogen) atoms. The molecule has 2 atom stereocenters. The van der Waals surface area contributed by atoms with Gasteiger partial charge in [-0.05, 0) is 36.8 Å². The van der Waals surface area contributed by atoms with E-state index >= 15 is 0 Å². The molecule has 0 bridgehead atoms. The average Bonchev–Trinajstić information content (AvgIpc) is 2.75. The molecule has 0 saturated carbocycles. The fraction of sp³-hybridized carbons (Fsp3) is 0.364. The maximum absolute atomic E-state index is 12.6. The van der Waals surface area contributed by atoms with Crippen molar-refractivity contribution in [1.82, 2.24) is 9.80 Å². The summed E-state index contributed by atoms with van der Waals surface area (Å²) < 4.78 is 40.6. The van der Waals surface area contributed by atoms with E-state index in [0.29, 0.717) is 31.9 Å². The van der Waals surface area contributed by atoms with Crippen molar-refractivity contribution >= 4 is 17.5 Å². The zero-order chi connectivity index (χ0) is 23.3. The van der Waals surface area contributed by atoms with Gasteiger partial charge in [0.15, 0.2) is 0 Å². The van der Waals surface area contributed by atoms with Crippen LogP contribution in [0.15, 0.2) is 54.6 Å². The Morgan fingerprint density at radius 3 is 2.06 bits per heavy atom. The number of carbonyl (C=O) groups excluding carboxylic acids is 2. The van der Waals surface area contributed by atoms with E-state index in [2.05, 4.69) is 10.1 Å². The van der Waals surface area contributed by atoms with Crippen LogP contribution in [0.1, 0.15) is 18.5 Å². The van der Waals surface area contributed by atoms with Crippen molar-refractivity contribution in [1.29, 1.82) is 0 Å². The van der Waals surface area contributed by atoms with Crippen molar-refractivity contribution < 1.29 is 27.5 Å². The predicted molar refractivity (Wildman–Crippen MR) is 113 cm³/mol. The SMILES string of the molecule is C[C@H](C(=O)Nc1ccc(OC(F)(F)F)cc1)N1CCN([C@@H](C(N)=O)c2ccccc2)CC1. The molecule has 1 heterocycles. The van der Waals surface area contributed by atoms with Crippen molar-refractivity contribution in [3.05, 3.63) is 60.2 Å². The third kappa shape index (κ3) is 6.21. The van der Waals surface area contributed by atoms with E-state index in [1.807, 2.05) is 40.1 Å². The lowest BCUT2D eigenvalue weighted by Crippen LogP contribution is -2.54. The summed E-state index contributed by atoms with van der Waals surface area (Å²) in [6.45, 7) is 4.00. The quantitative estimate of drug-likeness (QED) is 0.678. The number of amides is 2. The number of nitrogens with two attached hydrogens (primary N) is 1. The maximum Gasteiger partial charge on any atom is 0.573 e. The Morgan fingerprint density at radius 1 is 0.969 bits per heavy atom. The van der Waals surface area contributed by atoms with Crippen LogP contribution in [0.25, 0.3) is 0 Å². The number of anilines is 1.